The molecule has 0 aliphatic rings. The van der Waals surface area contributed by atoms with Gasteiger partial charge in [0.2, 0.25) is 5.91 Å². The number of hydrogen-bond donors (Lipinski definition) is 2. The topological polar surface area (TPSA) is 77.2 Å². The number of nitrogens with one attached hydrogen (secondary N) is 1. The lowest BCUT2D eigenvalue weighted by Crippen LogP contribution is -2.18. The van der Waals surface area contributed by atoms with Crippen LogP contribution in [-0.4, -0.2) is 18.0 Å². The molecule has 0 spiro atoms. The van der Waals surface area contributed by atoms with Crippen LogP contribution in [0.3, 0.4) is 0 Å². The van der Waals surface area contributed by atoms with Crippen molar-refractivity contribution in [2.24, 2.45) is 5.73 Å². The number of aromatic nitrogens is 1. The second-order valence-corrected chi connectivity index (χ2v) is 7.57. The molecule has 0 radical (unpaired) electrons. The molecule has 0 unspecified atom stereocenters. The monoisotopic (exact) mass is 411 g/mol. The van der Waals surface area contributed by atoms with Crippen molar-refractivity contribution in [3.05, 3.63) is 95.8 Å². The molecule has 4 aromatic rings. The zero-order valence-corrected chi connectivity index (χ0v) is 17.6. The van der Waals surface area contributed by atoms with Crippen LogP contribution in [0.5, 0.6) is 5.75 Å². The van der Waals surface area contributed by atoms with Gasteiger partial charge < -0.3 is 15.8 Å². The largest absolute Gasteiger partial charge is 0.496 e. The molecule has 0 bridgehead atoms. The summed E-state index contributed by atoms with van der Waals surface area (Å²) < 4.78 is 5.53. The lowest BCUT2D eigenvalue weighted by atomic mass is 10.0. The molecule has 0 aliphatic heterocycles. The summed E-state index contributed by atoms with van der Waals surface area (Å²) >= 11 is 0. The number of carbonyl (C=O) groups is 1. The van der Waals surface area contributed by atoms with Crippen LogP contribution >= 0.6 is 0 Å². The van der Waals surface area contributed by atoms with E-state index in [9.17, 15) is 4.79 Å². The Balaban J connectivity index is 1.55. The number of amides is 1. The molecular weight excluding hydrogens is 386 g/mol. The summed E-state index contributed by atoms with van der Waals surface area (Å²) in [6.07, 6.45) is 3.17. The molecule has 1 amide bonds. The molecule has 0 saturated heterocycles. The van der Waals surface area contributed by atoms with Crippen LogP contribution in [0, 0.1) is 0 Å². The predicted octanol–water partition coefficient (Wildman–Crippen LogP) is 4.86. The van der Waals surface area contributed by atoms with Crippen LogP contribution in [0.15, 0.2) is 79.1 Å². The van der Waals surface area contributed by atoms with E-state index < -0.39 is 5.91 Å². The van der Waals surface area contributed by atoms with E-state index in [0.717, 1.165) is 22.4 Å². The van der Waals surface area contributed by atoms with E-state index in [1.54, 1.807) is 19.4 Å². The molecule has 1 aromatic heterocycles. The number of methoxy groups -OCH3 is 1. The molecule has 0 fully saturated rings. The van der Waals surface area contributed by atoms with E-state index in [2.05, 4.69) is 65.8 Å². The summed E-state index contributed by atoms with van der Waals surface area (Å²) in [5, 5.41) is 6.07. The average Bonchev–Trinajstić information content (AvgIpc) is 2.82. The van der Waals surface area contributed by atoms with Crippen molar-refractivity contribution >= 4 is 16.7 Å². The van der Waals surface area contributed by atoms with Gasteiger partial charge in [0.25, 0.3) is 0 Å². The van der Waals surface area contributed by atoms with Crippen molar-refractivity contribution in [2.45, 2.75) is 19.5 Å². The Hall–Kier alpha value is -3.70. The maximum absolute atomic E-state index is 11.5. The Kier molecular flexibility index (Phi) is 5.96. The lowest BCUT2D eigenvalue weighted by Gasteiger charge is -2.16. The van der Waals surface area contributed by atoms with Crippen LogP contribution < -0.4 is 15.8 Å². The first-order chi connectivity index (χ1) is 15.0. The number of ether oxygens (including phenoxy) is 1. The van der Waals surface area contributed by atoms with E-state index >= 15 is 0 Å². The van der Waals surface area contributed by atoms with Gasteiger partial charge in [-0.25, -0.2) is 0 Å². The summed E-state index contributed by atoms with van der Waals surface area (Å²) in [7, 11) is 1.63. The Morgan fingerprint density at radius 1 is 1.03 bits per heavy atom. The fourth-order valence-corrected chi connectivity index (χ4v) is 3.68. The van der Waals surface area contributed by atoms with Gasteiger partial charge in [0.1, 0.15) is 5.75 Å². The van der Waals surface area contributed by atoms with Crippen molar-refractivity contribution in [1.29, 1.82) is 0 Å². The van der Waals surface area contributed by atoms with Gasteiger partial charge in [-0.3, -0.25) is 9.78 Å². The lowest BCUT2D eigenvalue weighted by molar-refractivity contribution is 0.1000. The molecule has 3 aromatic carbocycles. The number of fused-ring (bicyclic) bond motifs is 1. The molecule has 5 heteroatoms. The number of nitrogens with zero attached hydrogens (tertiary/aromatic N) is 1. The number of hydrogen-bond acceptors (Lipinski definition) is 4. The second kappa shape index (κ2) is 8.98. The van der Waals surface area contributed by atoms with Gasteiger partial charge in [0.05, 0.1) is 12.7 Å². The third kappa shape index (κ3) is 4.57. The zero-order chi connectivity index (χ0) is 21.8. The van der Waals surface area contributed by atoms with E-state index in [0.29, 0.717) is 12.1 Å². The molecule has 0 aliphatic carbocycles. The van der Waals surface area contributed by atoms with Crippen molar-refractivity contribution in [1.82, 2.24) is 10.3 Å². The maximum Gasteiger partial charge on any atom is 0.250 e. The smallest absolute Gasteiger partial charge is 0.250 e. The molecule has 1 atom stereocenters. The number of pyridine rings is 1. The fourth-order valence-electron chi connectivity index (χ4n) is 3.68. The highest BCUT2D eigenvalue weighted by atomic mass is 16.5. The van der Waals surface area contributed by atoms with Crippen LogP contribution in [0.25, 0.3) is 21.9 Å². The summed E-state index contributed by atoms with van der Waals surface area (Å²) in [4.78, 5) is 15.7. The van der Waals surface area contributed by atoms with Gasteiger partial charge in [-0.1, -0.05) is 42.5 Å². The zero-order valence-electron chi connectivity index (χ0n) is 17.6. The number of nitrogens with two attached hydrogens (primary N) is 1. The molecule has 5 nitrogen and oxygen atoms in total. The minimum absolute atomic E-state index is 0.190. The SMILES string of the molecule is COc1ccc(CN[C@H](C)c2ccc3ccccc3c2)cc1-c1cncc(C(N)=O)c1. The molecular formula is C26H25N3O2. The van der Waals surface area contributed by atoms with Gasteiger partial charge in [-0.2, -0.15) is 0 Å². The number of carbonyl (C=O) groups excluding carboxylic acids is 1. The average molecular weight is 412 g/mol. The summed E-state index contributed by atoms with van der Waals surface area (Å²) in [6, 6.07) is 22.9. The first-order valence-corrected chi connectivity index (χ1v) is 10.2. The summed E-state index contributed by atoms with van der Waals surface area (Å²) in [5.41, 5.74) is 9.79. The van der Waals surface area contributed by atoms with E-state index in [1.165, 1.54) is 22.5 Å². The molecule has 156 valence electrons. The summed E-state index contributed by atoms with van der Waals surface area (Å²) in [6.45, 7) is 2.85. The Labute approximate surface area is 181 Å². The van der Waals surface area contributed by atoms with Crippen molar-refractivity contribution in [3.8, 4) is 16.9 Å². The Morgan fingerprint density at radius 3 is 2.61 bits per heavy atom. The maximum atomic E-state index is 11.5. The number of primary amides is 1. The quantitative estimate of drug-likeness (QED) is 0.455. The highest BCUT2D eigenvalue weighted by Crippen LogP contribution is 2.31. The number of benzene rings is 3. The minimum Gasteiger partial charge on any atom is -0.496 e. The van der Waals surface area contributed by atoms with E-state index in [4.69, 9.17) is 10.5 Å². The predicted molar refractivity (Wildman–Crippen MR) is 124 cm³/mol. The van der Waals surface area contributed by atoms with Gasteiger partial charge >= 0.3 is 0 Å². The van der Waals surface area contributed by atoms with Crippen LogP contribution in [0.4, 0.5) is 0 Å². The Morgan fingerprint density at radius 2 is 1.84 bits per heavy atom. The van der Waals surface area contributed by atoms with Crippen LogP contribution in [0.2, 0.25) is 0 Å². The van der Waals surface area contributed by atoms with E-state index in [1.807, 2.05) is 12.1 Å². The molecule has 3 N–H and O–H groups in total. The van der Waals surface area contributed by atoms with Crippen molar-refractivity contribution < 1.29 is 9.53 Å². The molecule has 4 rings (SSSR count). The van der Waals surface area contributed by atoms with Gasteiger partial charge in [0, 0.05) is 36.1 Å². The fraction of sp³-hybridized carbons (Fsp3) is 0.154. The highest BCUT2D eigenvalue weighted by Gasteiger charge is 2.12. The molecule has 31 heavy (non-hydrogen) atoms. The Bertz CT molecular complexity index is 1240. The van der Waals surface area contributed by atoms with Crippen LogP contribution in [-0.2, 0) is 6.54 Å². The van der Waals surface area contributed by atoms with Gasteiger partial charge in [-0.05, 0) is 53.1 Å². The normalized spacial score (nSPS) is 11.9. The first-order valence-electron chi connectivity index (χ1n) is 10.2. The minimum atomic E-state index is -0.504. The third-order valence-corrected chi connectivity index (χ3v) is 5.48. The number of rotatable bonds is 7. The van der Waals surface area contributed by atoms with E-state index in [-0.39, 0.29) is 6.04 Å². The standard InChI is InChI=1S/C26H25N3O2/c1-17(20-9-8-19-5-3-4-6-21(19)12-20)29-14-18-7-10-25(31-2)24(11-18)22-13-23(26(27)30)16-28-15-22/h3-13,15-17,29H,14H2,1-2H3,(H2,27,30)/t17-/m1/s1. The van der Waals surface area contributed by atoms with Crippen molar-refractivity contribution in [2.75, 3.05) is 7.11 Å². The summed E-state index contributed by atoms with van der Waals surface area (Å²) in [5.74, 6) is 0.213. The second-order valence-electron chi connectivity index (χ2n) is 7.57. The van der Waals surface area contributed by atoms with Gasteiger partial charge in [0.15, 0.2) is 0 Å². The third-order valence-electron chi connectivity index (χ3n) is 5.48. The van der Waals surface area contributed by atoms with Gasteiger partial charge in [-0.15, -0.1) is 0 Å². The first kappa shape index (κ1) is 20.6. The molecule has 0 saturated carbocycles. The molecule has 1 heterocycles. The highest BCUT2D eigenvalue weighted by molar-refractivity contribution is 5.94. The van der Waals surface area contributed by atoms with Crippen molar-refractivity contribution in [3.63, 3.8) is 0 Å². The van der Waals surface area contributed by atoms with Crippen LogP contribution in [0.1, 0.15) is 34.5 Å².